The van der Waals surface area contributed by atoms with E-state index in [-0.39, 0.29) is 0 Å². The predicted octanol–water partition coefficient (Wildman–Crippen LogP) is 3.25. The molecule has 0 spiro atoms. The van der Waals surface area contributed by atoms with E-state index in [4.69, 9.17) is 4.74 Å². The van der Waals surface area contributed by atoms with Crippen molar-refractivity contribution in [1.82, 2.24) is 5.32 Å². The van der Waals surface area contributed by atoms with E-state index in [0.29, 0.717) is 11.3 Å². The predicted molar refractivity (Wildman–Crippen MR) is 93.6 cm³/mol. The zero-order valence-corrected chi connectivity index (χ0v) is 14.9. The quantitative estimate of drug-likeness (QED) is 0.767. The SMILES string of the molecule is COC(=O)[C@H](C)NC(=O)C(Oc1ccc(Br)cc1)c1ccccc1. The minimum absolute atomic E-state index is 0.415. The van der Waals surface area contributed by atoms with Crippen LogP contribution in [-0.2, 0) is 14.3 Å². The minimum atomic E-state index is -0.875. The van der Waals surface area contributed by atoms with E-state index in [1.165, 1.54) is 7.11 Å². The highest BCUT2D eigenvalue weighted by molar-refractivity contribution is 9.10. The molecule has 0 heterocycles. The Morgan fingerprint density at radius 3 is 2.25 bits per heavy atom. The molecule has 0 aliphatic heterocycles. The Labute approximate surface area is 149 Å². The molecule has 1 amide bonds. The standard InChI is InChI=1S/C18H18BrNO4/c1-12(18(22)23-2)20-17(21)16(13-6-4-3-5-7-13)24-15-10-8-14(19)9-11-15/h3-12,16H,1-2H3,(H,20,21)/t12-,16?/m0/s1. The van der Waals surface area contributed by atoms with Crippen molar-refractivity contribution in [2.75, 3.05) is 7.11 Å². The molecule has 0 aliphatic rings. The maximum Gasteiger partial charge on any atom is 0.328 e. The first-order chi connectivity index (χ1) is 11.5. The second-order valence-corrected chi connectivity index (χ2v) is 6.03. The molecule has 5 nitrogen and oxygen atoms in total. The minimum Gasteiger partial charge on any atom is -0.476 e. The topological polar surface area (TPSA) is 64.6 Å². The largest absolute Gasteiger partial charge is 0.476 e. The summed E-state index contributed by atoms with van der Waals surface area (Å²) in [5.74, 6) is -0.381. The first kappa shape index (κ1) is 18.0. The van der Waals surface area contributed by atoms with Crippen LogP contribution in [-0.4, -0.2) is 25.0 Å². The molecule has 2 aromatic carbocycles. The molecule has 6 heteroatoms. The second-order valence-electron chi connectivity index (χ2n) is 5.12. The van der Waals surface area contributed by atoms with Crippen LogP contribution in [0.3, 0.4) is 0 Å². The average Bonchev–Trinajstić information content (AvgIpc) is 2.61. The van der Waals surface area contributed by atoms with Gasteiger partial charge < -0.3 is 14.8 Å². The van der Waals surface area contributed by atoms with Crippen LogP contribution in [0.25, 0.3) is 0 Å². The smallest absolute Gasteiger partial charge is 0.328 e. The van der Waals surface area contributed by atoms with E-state index >= 15 is 0 Å². The van der Waals surface area contributed by atoms with Crippen LogP contribution in [0.1, 0.15) is 18.6 Å². The summed E-state index contributed by atoms with van der Waals surface area (Å²) in [6.45, 7) is 1.56. The molecule has 0 saturated heterocycles. The number of amides is 1. The third-order valence-corrected chi connectivity index (χ3v) is 3.85. The summed E-state index contributed by atoms with van der Waals surface area (Å²) in [5.41, 5.74) is 0.690. The Kier molecular flexibility index (Phi) is 6.37. The summed E-state index contributed by atoms with van der Waals surface area (Å²) >= 11 is 3.36. The monoisotopic (exact) mass is 391 g/mol. The highest BCUT2D eigenvalue weighted by atomic mass is 79.9. The first-order valence-electron chi connectivity index (χ1n) is 7.36. The number of nitrogens with one attached hydrogen (secondary N) is 1. The summed E-state index contributed by atoms with van der Waals surface area (Å²) < 4.78 is 11.4. The van der Waals surface area contributed by atoms with Crippen molar-refractivity contribution >= 4 is 27.8 Å². The van der Waals surface area contributed by atoms with E-state index in [1.807, 2.05) is 30.3 Å². The van der Waals surface area contributed by atoms with Gasteiger partial charge in [-0.2, -0.15) is 0 Å². The van der Waals surface area contributed by atoms with Crippen molar-refractivity contribution in [2.24, 2.45) is 0 Å². The Hall–Kier alpha value is -2.34. The van der Waals surface area contributed by atoms with Gasteiger partial charge in [0, 0.05) is 10.0 Å². The van der Waals surface area contributed by atoms with Crippen molar-refractivity contribution in [3.05, 3.63) is 64.6 Å². The molecule has 2 atom stereocenters. The van der Waals surface area contributed by atoms with Gasteiger partial charge in [-0.3, -0.25) is 4.79 Å². The fourth-order valence-electron chi connectivity index (χ4n) is 2.07. The maximum atomic E-state index is 12.6. The third kappa shape index (κ3) is 4.83. The fraction of sp³-hybridized carbons (Fsp3) is 0.222. The molecule has 0 fully saturated rings. The van der Waals surface area contributed by atoms with Crippen LogP contribution in [0.4, 0.5) is 0 Å². The van der Waals surface area contributed by atoms with Gasteiger partial charge in [0.2, 0.25) is 6.10 Å². The zero-order chi connectivity index (χ0) is 17.5. The van der Waals surface area contributed by atoms with E-state index < -0.39 is 24.0 Å². The average molecular weight is 392 g/mol. The third-order valence-electron chi connectivity index (χ3n) is 3.32. The van der Waals surface area contributed by atoms with Crippen LogP contribution in [0.5, 0.6) is 5.75 Å². The number of hydrogen-bond donors (Lipinski definition) is 1. The van der Waals surface area contributed by atoms with Crippen LogP contribution < -0.4 is 10.1 Å². The van der Waals surface area contributed by atoms with Gasteiger partial charge in [0.15, 0.2) is 0 Å². The van der Waals surface area contributed by atoms with Crippen molar-refractivity contribution in [2.45, 2.75) is 19.1 Å². The molecule has 126 valence electrons. The Balaban J connectivity index is 2.21. The number of carbonyl (C=O) groups is 2. The van der Waals surface area contributed by atoms with Gasteiger partial charge in [0.05, 0.1) is 7.11 Å². The molecular formula is C18H18BrNO4. The van der Waals surface area contributed by atoms with Gasteiger partial charge in [-0.05, 0) is 31.2 Å². The Morgan fingerprint density at radius 2 is 1.67 bits per heavy atom. The van der Waals surface area contributed by atoms with E-state index in [0.717, 1.165) is 4.47 Å². The lowest BCUT2D eigenvalue weighted by molar-refractivity contribution is -0.145. The molecule has 0 saturated carbocycles. The van der Waals surface area contributed by atoms with Crippen molar-refractivity contribution < 1.29 is 19.1 Å². The molecular weight excluding hydrogens is 374 g/mol. The lowest BCUT2D eigenvalue weighted by Gasteiger charge is -2.21. The zero-order valence-electron chi connectivity index (χ0n) is 13.4. The highest BCUT2D eigenvalue weighted by Crippen LogP contribution is 2.24. The van der Waals surface area contributed by atoms with E-state index in [1.54, 1.807) is 31.2 Å². The van der Waals surface area contributed by atoms with Gasteiger partial charge in [0.25, 0.3) is 5.91 Å². The summed E-state index contributed by atoms with van der Waals surface area (Å²) in [5, 5.41) is 2.61. The molecule has 2 aromatic rings. The molecule has 1 unspecified atom stereocenters. The molecule has 2 rings (SSSR count). The van der Waals surface area contributed by atoms with Crippen LogP contribution in [0.15, 0.2) is 59.1 Å². The van der Waals surface area contributed by atoms with Crippen molar-refractivity contribution in [1.29, 1.82) is 0 Å². The lowest BCUT2D eigenvalue weighted by Crippen LogP contribution is -2.42. The van der Waals surface area contributed by atoms with Crippen LogP contribution in [0.2, 0.25) is 0 Å². The Morgan fingerprint density at radius 1 is 1.04 bits per heavy atom. The van der Waals surface area contributed by atoms with Gasteiger partial charge in [-0.25, -0.2) is 4.79 Å². The van der Waals surface area contributed by atoms with Gasteiger partial charge in [0.1, 0.15) is 11.8 Å². The summed E-state index contributed by atoms with van der Waals surface area (Å²) in [6.07, 6.45) is -0.875. The van der Waals surface area contributed by atoms with Crippen LogP contribution >= 0.6 is 15.9 Å². The number of rotatable bonds is 6. The van der Waals surface area contributed by atoms with Crippen LogP contribution in [0, 0.1) is 0 Å². The van der Waals surface area contributed by atoms with Crippen molar-refractivity contribution in [3.63, 3.8) is 0 Å². The molecule has 24 heavy (non-hydrogen) atoms. The highest BCUT2D eigenvalue weighted by Gasteiger charge is 2.26. The summed E-state index contributed by atoms with van der Waals surface area (Å²) in [6, 6.07) is 15.5. The van der Waals surface area contributed by atoms with Gasteiger partial charge >= 0.3 is 5.97 Å². The molecule has 0 bridgehead atoms. The van der Waals surface area contributed by atoms with E-state index in [9.17, 15) is 9.59 Å². The first-order valence-corrected chi connectivity index (χ1v) is 8.16. The van der Waals surface area contributed by atoms with Gasteiger partial charge in [-0.15, -0.1) is 0 Å². The van der Waals surface area contributed by atoms with Gasteiger partial charge in [-0.1, -0.05) is 46.3 Å². The molecule has 0 aromatic heterocycles. The molecule has 0 radical (unpaired) electrons. The molecule has 0 aliphatic carbocycles. The Bertz CT molecular complexity index is 688. The fourth-order valence-corrected chi connectivity index (χ4v) is 2.34. The van der Waals surface area contributed by atoms with Crippen molar-refractivity contribution in [3.8, 4) is 5.75 Å². The maximum absolute atomic E-state index is 12.6. The summed E-state index contributed by atoms with van der Waals surface area (Å²) in [7, 11) is 1.28. The number of hydrogen-bond acceptors (Lipinski definition) is 4. The number of ether oxygens (including phenoxy) is 2. The summed E-state index contributed by atoms with van der Waals surface area (Å²) in [4.78, 5) is 24.1. The normalized spacial score (nSPS) is 12.8. The number of halogens is 1. The number of methoxy groups -OCH3 is 1. The lowest BCUT2D eigenvalue weighted by atomic mass is 10.1. The number of carbonyl (C=O) groups excluding carboxylic acids is 2. The van der Waals surface area contributed by atoms with E-state index in [2.05, 4.69) is 26.0 Å². The second kappa shape index (κ2) is 8.49. The number of esters is 1. The number of benzene rings is 2. The molecule has 1 N–H and O–H groups in total.